The van der Waals surface area contributed by atoms with Gasteiger partial charge in [0.15, 0.2) is 11.5 Å². The monoisotopic (exact) mass is 276 g/mol. The lowest BCUT2D eigenvalue weighted by atomic mass is 10.0. The highest BCUT2D eigenvalue weighted by Gasteiger charge is 2.17. The third-order valence-corrected chi connectivity index (χ3v) is 4.32. The molecule has 0 radical (unpaired) electrons. The van der Waals surface area contributed by atoms with Crippen molar-refractivity contribution < 1.29 is 9.47 Å². The first kappa shape index (κ1) is 13.7. The van der Waals surface area contributed by atoms with Gasteiger partial charge in [-0.3, -0.25) is 0 Å². The van der Waals surface area contributed by atoms with Crippen molar-refractivity contribution >= 4 is 0 Å². The molecule has 0 saturated carbocycles. The largest absolute Gasteiger partial charge is 0.486 e. The third kappa shape index (κ3) is 3.25. The maximum Gasteiger partial charge on any atom is 0.161 e. The fourth-order valence-electron chi connectivity index (χ4n) is 2.98. The van der Waals surface area contributed by atoms with Crippen LogP contribution >= 0.6 is 0 Å². The maximum atomic E-state index is 5.64. The van der Waals surface area contributed by atoms with Crippen LogP contribution in [-0.2, 0) is 6.42 Å². The zero-order valence-electron chi connectivity index (χ0n) is 12.2. The summed E-state index contributed by atoms with van der Waals surface area (Å²) in [7, 11) is 2.06. The van der Waals surface area contributed by atoms with Crippen LogP contribution in [-0.4, -0.2) is 50.8 Å². The van der Waals surface area contributed by atoms with E-state index in [0.29, 0.717) is 19.3 Å². The standard InChI is InChI=1S/C16H24N2O2/c1-17-14-5-8-18(9-6-14)7-4-13-2-3-15-16(12-13)20-11-10-19-15/h2-3,12,14,17H,4-11H2,1H3. The summed E-state index contributed by atoms with van der Waals surface area (Å²) in [6.07, 6.45) is 3.61. The molecule has 0 unspecified atom stereocenters. The zero-order chi connectivity index (χ0) is 13.8. The molecular weight excluding hydrogens is 252 g/mol. The van der Waals surface area contributed by atoms with E-state index < -0.39 is 0 Å². The van der Waals surface area contributed by atoms with Gasteiger partial charge < -0.3 is 19.7 Å². The van der Waals surface area contributed by atoms with Crippen molar-refractivity contribution in [2.45, 2.75) is 25.3 Å². The first-order chi connectivity index (χ1) is 9.85. The molecule has 2 aliphatic heterocycles. The summed E-state index contributed by atoms with van der Waals surface area (Å²) in [5.74, 6) is 1.79. The fourth-order valence-corrected chi connectivity index (χ4v) is 2.98. The average Bonchev–Trinajstić information content (AvgIpc) is 2.53. The van der Waals surface area contributed by atoms with Crippen molar-refractivity contribution in [2.75, 3.05) is 39.9 Å². The van der Waals surface area contributed by atoms with Crippen LogP contribution in [0.2, 0.25) is 0 Å². The van der Waals surface area contributed by atoms with Crippen LogP contribution < -0.4 is 14.8 Å². The summed E-state index contributed by atoms with van der Waals surface area (Å²) in [5, 5.41) is 3.38. The highest BCUT2D eigenvalue weighted by atomic mass is 16.6. The smallest absolute Gasteiger partial charge is 0.161 e. The summed E-state index contributed by atoms with van der Waals surface area (Å²) in [6.45, 7) is 4.86. The summed E-state index contributed by atoms with van der Waals surface area (Å²) in [6, 6.07) is 7.04. The summed E-state index contributed by atoms with van der Waals surface area (Å²) >= 11 is 0. The quantitative estimate of drug-likeness (QED) is 0.907. The SMILES string of the molecule is CNC1CCN(CCc2ccc3c(c2)OCCO3)CC1. The van der Waals surface area contributed by atoms with Crippen LogP contribution in [0.4, 0.5) is 0 Å². The second kappa shape index (κ2) is 6.46. The maximum absolute atomic E-state index is 5.64. The summed E-state index contributed by atoms with van der Waals surface area (Å²) < 4.78 is 11.2. The Morgan fingerprint density at radius 1 is 1.15 bits per heavy atom. The minimum atomic E-state index is 0.659. The van der Waals surface area contributed by atoms with Gasteiger partial charge in [0.2, 0.25) is 0 Å². The number of rotatable bonds is 4. The van der Waals surface area contributed by atoms with Gasteiger partial charge in [-0.1, -0.05) is 6.07 Å². The Labute approximate surface area is 121 Å². The first-order valence-electron chi connectivity index (χ1n) is 7.63. The van der Waals surface area contributed by atoms with E-state index >= 15 is 0 Å². The van der Waals surface area contributed by atoms with Gasteiger partial charge in [0.25, 0.3) is 0 Å². The Kier molecular flexibility index (Phi) is 4.43. The molecule has 3 rings (SSSR count). The molecule has 0 spiro atoms. The molecule has 1 saturated heterocycles. The Bertz CT molecular complexity index is 442. The van der Waals surface area contributed by atoms with Gasteiger partial charge in [0.05, 0.1) is 0 Å². The predicted molar refractivity (Wildman–Crippen MR) is 79.7 cm³/mol. The molecule has 0 bridgehead atoms. The minimum Gasteiger partial charge on any atom is -0.486 e. The van der Waals surface area contributed by atoms with E-state index in [1.54, 1.807) is 0 Å². The highest BCUT2D eigenvalue weighted by Crippen LogP contribution is 2.30. The lowest BCUT2D eigenvalue weighted by Crippen LogP contribution is -2.41. The Morgan fingerprint density at radius 2 is 1.90 bits per heavy atom. The van der Waals surface area contributed by atoms with Gasteiger partial charge in [0, 0.05) is 12.6 Å². The van der Waals surface area contributed by atoms with Gasteiger partial charge in [-0.25, -0.2) is 0 Å². The number of likely N-dealkylation sites (tertiary alicyclic amines) is 1. The molecule has 1 fully saturated rings. The third-order valence-electron chi connectivity index (χ3n) is 4.32. The van der Waals surface area contributed by atoms with Crippen LogP contribution in [0.5, 0.6) is 11.5 Å². The topological polar surface area (TPSA) is 33.7 Å². The number of nitrogens with zero attached hydrogens (tertiary/aromatic N) is 1. The molecule has 1 N–H and O–H groups in total. The molecule has 110 valence electrons. The second-order valence-electron chi connectivity index (χ2n) is 5.63. The molecule has 0 aromatic heterocycles. The van der Waals surface area contributed by atoms with E-state index in [1.807, 2.05) is 6.07 Å². The van der Waals surface area contributed by atoms with E-state index in [-0.39, 0.29) is 0 Å². The lowest BCUT2D eigenvalue weighted by molar-refractivity contribution is 0.171. The molecule has 1 aromatic carbocycles. The normalized spacial score (nSPS) is 20.1. The molecule has 2 aliphatic rings. The summed E-state index contributed by atoms with van der Waals surface area (Å²) in [5.41, 5.74) is 1.34. The lowest BCUT2D eigenvalue weighted by Gasteiger charge is -2.31. The number of ether oxygens (including phenoxy) is 2. The van der Waals surface area contributed by atoms with E-state index in [4.69, 9.17) is 9.47 Å². The van der Waals surface area contributed by atoms with Gasteiger partial charge >= 0.3 is 0 Å². The van der Waals surface area contributed by atoms with Crippen molar-refractivity contribution in [3.8, 4) is 11.5 Å². The van der Waals surface area contributed by atoms with Crippen LogP contribution in [0.15, 0.2) is 18.2 Å². The van der Waals surface area contributed by atoms with E-state index in [9.17, 15) is 0 Å². The number of hydrogen-bond acceptors (Lipinski definition) is 4. The van der Waals surface area contributed by atoms with E-state index in [1.165, 1.54) is 31.5 Å². The zero-order valence-corrected chi connectivity index (χ0v) is 12.2. The molecular formula is C16H24N2O2. The van der Waals surface area contributed by atoms with Crippen molar-refractivity contribution in [1.82, 2.24) is 10.2 Å². The van der Waals surface area contributed by atoms with Crippen molar-refractivity contribution in [1.29, 1.82) is 0 Å². The number of fused-ring (bicyclic) bond motifs is 1. The summed E-state index contributed by atoms with van der Waals surface area (Å²) in [4.78, 5) is 2.56. The molecule has 0 aliphatic carbocycles. The molecule has 20 heavy (non-hydrogen) atoms. The van der Waals surface area contributed by atoms with Crippen LogP contribution in [0, 0.1) is 0 Å². The van der Waals surface area contributed by atoms with Crippen molar-refractivity contribution in [3.63, 3.8) is 0 Å². The van der Waals surface area contributed by atoms with Gasteiger partial charge in [-0.2, -0.15) is 0 Å². The van der Waals surface area contributed by atoms with E-state index in [2.05, 4.69) is 29.4 Å². The molecule has 0 atom stereocenters. The van der Waals surface area contributed by atoms with E-state index in [0.717, 1.165) is 24.5 Å². The Balaban J connectivity index is 1.51. The second-order valence-corrected chi connectivity index (χ2v) is 5.63. The number of benzene rings is 1. The molecule has 1 aromatic rings. The van der Waals surface area contributed by atoms with Crippen LogP contribution in [0.1, 0.15) is 18.4 Å². The number of piperidine rings is 1. The molecule has 4 nitrogen and oxygen atoms in total. The van der Waals surface area contributed by atoms with Crippen LogP contribution in [0.25, 0.3) is 0 Å². The fraction of sp³-hybridized carbons (Fsp3) is 0.625. The van der Waals surface area contributed by atoms with Gasteiger partial charge in [-0.05, 0) is 57.1 Å². The molecule has 4 heteroatoms. The van der Waals surface area contributed by atoms with Crippen molar-refractivity contribution in [2.24, 2.45) is 0 Å². The van der Waals surface area contributed by atoms with Gasteiger partial charge in [0.1, 0.15) is 13.2 Å². The number of nitrogens with one attached hydrogen (secondary N) is 1. The van der Waals surface area contributed by atoms with Crippen LogP contribution in [0.3, 0.4) is 0 Å². The Morgan fingerprint density at radius 3 is 2.65 bits per heavy atom. The molecule has 0 amide bonds. The van der Waals surface area contributed by atoms with Crippen molar-refractivity contribution in [3.05, 3.63) is 23.8 Å². The van der Waals surface area contributed by atoms with Gasteiger partial charge in [-0.15, -0.1) is 0 Å². The molecule has 2 heterocycles. The Hall–Kier alpha value is -1.26. The first-order valence-corrected chi connectivity index (χ1v) is 7.63. The highest BCUT2D eigenvalue weighted by molar-refractivity contribution is 5.43. The average molecular weight is 276 g/mol. The number of hydrogen-bond donors (Lipinski definition) is 1. The predicted octanol–water partition coefficient (Wildman–Crippen LogP) is 1.68. The minimum absolute atomic E-state index is 0.659.